The Kier molecular flexibility index (Phi) is 5.85. The molecule has 1 aromatic carbocycles. The van der Waals surface area contributed by atoms with E-state index in [-0.39, 0.29) is 0 Å². The van der Waals surface area contributed by atoms with Crippen molar-refractivity contribution in [2.45, 2.75) is 95.6 Å². The zero-order valence-electron chi connectivity index (χ0n) is 17.9. The summed E-state index contributed by atoms with van der Waals surface area (Å²) in [6, 6.07) is 6.34. The molecule has 1 aromatic rings. The van der Waals surface area contributed by atoms with Crippen molar-refractivity contribution < 1.29 is 0 Å². The molecule has 3 atom stereocenters. The summed E-state index contributed by atoms with van der Waals surface area (Å²) in [4.78, 5) is 2.81. The quantitative estimate of drug-likeness (QED) is 0.792. The van der Waals surface area contributed by atoms with Crippen LogP contribution in [0.15, 0.2) is 12.1 Å². The summed E-state index contributed by atoms with van der Waals surface area (Å²) in [5.74, 6) is 0.788. The van der Waals surface area contributed by atoms with E-state index in [4.69, 9.17) is 0 Å². The van der Waals surface area contributed by atoms with E-state index in [1.165, 1.54) is 68.8 Å². The summed E-state index contributed by atoms with van der Waals surface area (Å²) in [6.07, 6.45) is 12.7. The van der Waals surface area contributed by atoms with Gasteiger partial charge in [0, 0.05) is 17.8 Å². The van der Waals surface area contributed by atoms with Crippen LogP contribution in [0.5, 0.6) is 0 Å². The zero-order valence-corrected chi connectivity index (χ0v) is 17.9. The number of anilines is 1. The number of aryl methyl sites for hydroxylation is 2. The van der Waals surface area contributed by atoms with Crippen molar-refractivity contribution in [3.8, 4) is 0 Å². The highest BCUT2D eigenvalue weighted by atomic mass is 15.3. The number of nitrogens with one attached hydrogen (secondary N) is 2. The van der Waals surface area contributed by atoms with Crippen LogP contribution in [0, 0.1) is 13.8 Å². The lowest BCUT2D eigenvalue weighted by molar-refractivity contribution is 0.453. The van der Waals surface area contributed by atoms with E-state index in [0.29, 0.717) is 25.0 Å². The summed E-state index contributed by atoms with van der Waals surface area (Å²) in [6.45, 7) is 5.34. The maximum Gasteiger partial charge on any atom is 0.183 e. The predicted molar refractivity (Wildman–Crippen MR) is 119 cm³/mol. The molecule has 0 aromatic heterocycles. The smallest absolute Gasteiger partial charge is 0.183 e. The Balaban J connectivity index is 1.81. The Morgan fingerprint density at radius 2 is 1.70 bits per heavy atom. The number of fused-ring (bicyclic) bond motifs is 1. The van der Waals surface area contributed by atoms with Crippen LogP contribution in [0.4, 0.5) is 5.69 Å². The molecule has 3 aliphatic rings. The first kappa shape index (κ1) is 19.3. The van der Waals surface area contributed by atoms with Crippen molar-refractivity contribution >= 4 is 17.9 Å². The lowest BCUT2D eigenvalue weighted by Crippen LogP contribution is -2.50. The first-order valence-corrected chi connectivity index (χ1v) is 11.4. The number of benzene rings is 1. The lowest BCUT2D eigenvalue weighted by Gasteiger charge is -2.39. The molecule has 0 radical (unpaired) electrons. The van der Waals surface area contributed by atoms with Gasteiger partial charge in [0.15, 0.2) is 6.71 Å². The van der Waals surface area contributed by atoms with Crippen LogP contribution in [0.1, 0.15) is 62.5 Å². The minimum Gasteiger partial charge on any atom is -0.353 e. The Bertz CT molecular complexity index is 655. The van der Waals surface area contributed by atoms with E-state index >= 15 is 0 Å². The number of nitrogens with zero attached hydrogens (tertiary/aromatic N) is 1. The molecule has 0 amide bonds. The van der Waals surface area contributed by atoms with Crippen molar-refractivity contribution in [2.75, 3.05) is 19.0 Å². The first-order chi connectivity index (χ1) is 13.1. The Morgan fingerprint density at radius 3 is 2.41 bits per heavy atom. The Labute approximate surface area is 166 Å². The van der Waals surface area contributed by atoms with E-state index < -0.39 is 0 Å². The largest absolute Gasteiger partial charge is 0.353 e. The van der Waals surface area contributed by atoms with Crippen molar-refractivity contribution in [2.24, 2.45) is 0 Å². The van der Waals surface area contributed by atoms with Crippen LogP contribution in [0.2, 0.25) is 12.1 Å². The fourth-order valence-electron chi connectivity index (χ4n) is 6.62. The van der Waals surface area contributed by atoms with Gasteiger partial charge in [-0.15, -0.1) is 0 Å². The molecule has 0 bridgehead atoms. The second kappa shape index (κ2) is 8.17. The van der Waals surface area contributed by atoms with Crippen LogP contribution in [-0.2, 0) is 0 Å². The first-order valence-electron chi connectivity index (χ1n) is 11.4. The van der Waals surface area contributed by atoms with Crippen molar-refractivity contribution in [1.82, 2.24) is 10.6 Å². The molecule has 4 rings (SSSR count). The SMILES string of the molecule is CNC1CCCC1B1CCC(NC)N(C2CCCC2)c2cc(C)cc(C)c21. The number of rotatable bonds is 4. The lowest BCUT2D eigenvalue weighted by atomic mass is 9.33. The monoisotopic (exact) mass is 367 g/mol. The van der Waals surface area contributed by atoms with Gasteiger partial charge in [0.05, 0.1) is 6.17 Å². The topological polar surface area (TPSA) is 27.3 Å². The fourth-order valence-corrected chi connectivity index (χ4v) is 6.62. The van der Waals surface area contributed by atoms with Crippen LogP contribution >= 0.6 is 0 Å². The zero-order chi connectivity index (χ0) is 19.0. The summed E-state index contributed by atoms with van der Waals surface area (Å²) >= 11 is 0. The molecule has 148 valence electrons. The summed E-state index contributed by atoms with van der Waals surface area (Å²) in [5, 5.41) is 7.35. The van der Waals surface area contributed by atoms with Crippen LogP contribution < -0.4 is 21.0 Å². The molecule has 2 saturated carbocycles. The van der Waals surface area contributed by atoms with E-state index in [1.54, 1.807) is 11.2 Å². The maximum absolute atomic E-state index is 3.70. The van der Waals surface area contributed by atoms with E-state index in [0.717, 1.165) is 5.82 Å². The summed E-state index contributed by atoms with van der Waals surface area (Å²) in [7, 11) is 4.34. The highest BCUT2D eigenvalue weighted by Gasteiger charge is 2.42. The van der Waals surface area contributed by atoms with Gasteiger partial charge >= 0.3 is 0 Å². The number of hydrogen-bond acceptors (Lipinski definition) is 3. The Morgan fingerprint density at radius 1 is 0.926 bits per heavy atom. The van der Waals surface area contributed by atoms with Gasteiger partial charge in [-0.1, -0.05) is 49.1 Å². The molecule has 2 fully saturated rings. The van der Waals surface area contributed by atoms with Gasteiger partial charge in [-0.3, -0.25) is 0 Å². The molecule has 4 heteroatoms. The molecule has 1 aliphatic heterocycles. The third-order valence-electron chi connectivity index (χ3n) is 7.75. The third kappa shape index (κ3) is 3.56. The van der Waals surface area contributed by atoms with Crippen LogP contribution in [-0.4, -0.2) is 39.1 Å². The van der Waals surface area contributed by atoms with Crippen molar-refractivity contribution in [3.63, 3.8) is 0 Å². The molecule has 0 spiro atoms. The van der Waals surface area contributed by atoms with E-state index in [9.17, 15) is 0 Å². The minimum atomic E-state index is 0.479. The third-order valence-corrected chi connectivity index (χ3v) is 7.75. The maximum atomic E-state index is 3.70. The van der Waals surface area contributed by atoms with Gasteiger partial charge in [0.25, 0.3) is 0 Å². The van der Waals surface area contributed by atoms with Crippen molar-refractivity contribution in [3.05, 3.63) is 23.3 Å². The van der Waals surface area contributed by atoms with E-state index in [2.05, 4.69) is 55.6 Å². The summed E-state index contributed by atoms with van der Waals surface area (Å²) in [5.41, 5.74) is 6.18. The van der Waals surface area contributed by atoms with E-state index in [1.807, 2.05) is 0 Å². The molecule has 2 N–H and O–H groups in total. The molecular weight excluding hydrogens is 329 g/mol. The second-order valence-electron chi connectivity index (χ2n) is 9.34. The molecule has 3 nitrogen and oxygen atoms in total. The van der Waals surface area contributed by atoms with Gasteiger partial charge in [0.1, 0.15) is 0 Å². The average molecular weight is 367 g/mol. The summed E-state index contributed by atoms with van der Waals surface area (Å²) < 4.78 is 0. The number of hydrogen-bond donors (Lipinski definition) is 2. The van der Waals surface area contributed by atoms with Gasteiger partial charge < -0.3 is 15.5 Å². The predicted octanol–water partition coefficient (Wildman–Crippen LogP) is 3.85. The minimum absolute atomic E-state index is 0.479. The molecule has 1 heterocycles. The van der Waals surface area contributed by atoms with Crippen LogP contribution in [0.25, 0.3) is 0 Å². The molecular formula is C23H38BN3. The highest BCUT2D eigenvalue weighted by Crippen LogP contribution is 2.40. The normalized spacial score (nSPS) is 29.3. The standard InChI is InChI=1S/C23H38BN3/c1-16-14-17(2)23-21(15-16)27(18-8-5-6-9-18)22(26-4)12-13-24(23)19-10-7-11-20(19)25-3/h14-15,18-20,22,25-26H,5-13H2,1-4H3. The second-order valence-corrected chi connectivity index (χ2v) is 9.34. The molecule has 3 unspecified atom stereocenters. The molecule has 0 saturated heterocycles. The molecule has 27 heavy (non-hydrogen) atoms. The molecule has 2 aliphatic carbocycles. The van der Waals surface area contributed by atoms with Crippen molar-refractivity contribution in [1.29, 1.82) is 0 Å². The fraction of sp³-hybridized carbons (Fsp3) is 0.739. The van der Waals surface area contributed by atoms with Gasteiger partial charge in [-0.05, 0) is 71.1 Å². The highest BCUT2D eigenvalue weighted by molar-refractivity contribution is 6.76. The Hall–Kier alpha value is -0.995. The van der Waals surface area contributed by atoms with Gasteiger partial charge in [-0.25, -0.2) is 0 Å². The van der Waals surface area contributed by atoms with Gasteiger partial charge in [0.2, 0.25) is 0 Å². The van der Waals surface area contributed by atoms with Crippen LogP contribution in [0.3, 0.4) is 0 Å². The average Bonchev–Trinajstić information content (AvgIpc) is 3.31. The van der Waals surface area contributed by atoms with Gasteiger partial charge in [-0.2, -0.15) is 0 Å².